The SMILES string of the molecule is CCCN(Cc1sccc1C#CCN)CC1CC1. The van der Waals surface area contributed by atoms with E-state index in [4.69, 9.17) is 5.73 Å². The largest absolute Gasteiger partial charge is 0.320 e. The van der Waals surface area contributed by atoms with Crippen molar-refractivity contribution in [3.63, 3.8) is 0 Å². The fourth-order valence-electron chi connectivity index (χ4n) is 2.14. The van der Waals surface area contributed by atoms with Crippen LogP contribution in [-0.2, 0) is 6.54 Å². The zero-order valence-corrected chi connectivity index (χ0v) is 11.9. The Balaban J connectivity index is 1.98. The van der Waals surface area contributed by atoms with Crippen molar-refractivity contribution in [3.05, 3.63) is 21.9 Å². The maximum absolute atomic E-state index is 5.44. The smallest absolute Gasteiger partial charge is 0.0555 e. The van der Waals surface area contributed by atoms with Gasteiger partial charge in [-0.3, -0.25) is 4.90 Å². The van der Waals surface area contributed by atoms with Gasteiger partial charge in [-0.05, 0) is 43.2 Å². The summed E-state index contributed by atoms with van der Waals surface area (Å²) in [7, 11) is 0. The van der Waals surface area contributed by atoms with Crippen LogP contribution in [-0.4, -0.2) is 24.5 Å². The van der Waals surface area contributed by atoms with Crippen molar-refractivity contribution in [1.82, 2.24) is 4.90 Å². The molecule has 3 heteroatoms. The van der Waals surface area contributed by atoms with Crippen LogP contribution in [0.2, 0.25) is 0 Å². The molecule has 0 radical (unpaired) electrons. The van der Waals surface area contributed by atoms with Crippen LogP contribution < -0.4 is 5.73 Å². The molecule has 98 valence electrons. The number of nitrogens with two attached hydrogens (primary N) is 1. The fraction of sp³-hybridized carbons (Fsp3) is 0.600. The third kappa shape index (κ3) is 4.13. The first-order valence-electron chi connectivity index (χ1n) is 6.81. The second-order valence-electron chi connectivity index (χ2n) is 4.94. The van der Waals surface area contributed by atoms with Crippen LogP contribution in [0.1, 0.15) is 36.6 Å². The highest BCUT2D eigenvalue weighted by Crippen LogP contribution is 2.30. The summed E-state index contributed by atoms with van der Waals surface area (Å²) >= 11 is 1.82. The fourth-order valence-corrected chi connectivity index (χ4v) is 3.01. The van der Waals surface area contributed by atoms with E-state index in [2.05, 4.69) is 35.1 Å². The monoisotopic (exact) mass is 262 g/mol. The third-order valence-corrected chi connectivity index (χ3v) is 4.10. The minimum Gasteiger partial charge on any atom is -0.320 e. The summed E-state index contributed by atoms with van der Waals surface area (Å²) in [5.41, 5.74) is 6.61. The van der Waals surface area contributed by atoms with Crippen molar-refractivity contribution < 1.29 is 0 Å². The summed E-state index contributed by atoms with van der Waals surface area (Å²) in [5.74, 6) is 7.09. The molecule has 0 aromatic carbocycles. The molecular weight excluding hydrogens is 240 g/mol. The van der Waals surface area contributed by atoms with Crippen molar-refractivity contribution >= 4 is 11.3 Å². The number of hydrogen-bond acceptors (Lipinski definition) is 3. The Morgan fingerprint density at radius 2 is 2.33 bits per heavy atom. The highest BCUT2D eigenvalue weighted by atomic mass is 32.1. The van der Waals surface area contributed by atoms with Crippen molar-refractivity contribution in [1.29, 1.82) is 0 Å². The molecule has 0 atom stereocenters. The first-order valence-corrected chi connectivity index (χ1v) is 7.69. The minimum absolute atomic E-state index is 0.441. The highest BCUT2D eigenvalue weighted by Gasteiger charge is 2.24. The molecule has 1 aromatic rings. The quantitative estimate of drug-likeness (QED) is 0.799. The van der Waals surface area contributed by atoms with E-state index in [0.717, 1.165) is 12.5 Å². The molecule has 1 saturated carbocycles. The second kappa shape index (κ2) is 6.94. The molecule has 0 amide bonds. The van der Waals surface area contributed by atoms with Crippen LogP contribution in [0.5, 0.6) is 0 Å². The Morgan fingerprint density at radius 3 is 3.00 bits per heavy atom. The number of nitrogens with zero attached hydrogens (tertiary/aromatic N) is 1. The van der Waals surface area contributed by atoms with Crippen molar-refractivity contribution in [2.24, 2.45) is 11.7 Å². The predicted octanol–water partition coefficient (Wildman–Crippen LogP) is 2.68. The Bertz CT molecular complexity index is 423. The van der Waals surface area contributed by atoms with E-state index in [1.54, 1.807) is 0 Å². The molecule has 1 aromatic heterocycles. The molecule has 0 unspecified atom stereocenters. The van der Waals surface area contributed by atoms with E-state index in [1.807, 2.05) is 11.3 Å². The second-order valence-corrected chi connectivity index (χ2v) is 5.94. The van der Waals surface area contributed by atoms with Gasteiger partial charge in [-0.2, -0.15) is 0 Å². The molecule has 2 nitrogen and oxygen atoms in total. The van der Waals surface area contributed by atoms with Crippen molar-refractivity contribution in [2.75, 3.05) is 19.6 Å². The van der Waals surface area contributed by atoms with Gasteiger partial charge in [0.05, 0.1) is 6.54 Å². The summed E-state index contributed by atoms with van der Waals surface area (Å²) in [4.78, 5) is 3.97. The van der Waals surface area contributed by atoms with E-state index < -0.39 is 0 Å². The molecule has 0 bridgehead atoms. The predicted molar refractivity (Wildman–Crippen MR) is 78.5 cm³/mol. The van der Waals surface area contributed by atoms with Crippen molar-refractivity contribution in [2.45, 2.75) is 32.7 Å². The van der Waals surface area contributed by atoms with Crippen LogP contribution in [0.15, 0.2) is 11.4 Å². The van der Waals surface area contributed by atoms with Crippen LogP contribution in [0, 0.1) is 17.8 Å². The van der Waals surface area contributed by atoms with Crippen molar-refractivity contribution in [3.8, 4) is 11.8 Å². The molecule has 1 heterocycles. The molecule has 0 saturated heterocycles. The Kier molecular flexibility index (Phi) is 5.25. The molecule has 18 heavy (non-hydrogen) atoms. The first kappa shape index (κ1) is 13.6. The van der Waals surface area contributed by atoms with Gasteiger partial charge in [-0.1, -0.05) is 18.8 Å². The maximum Gasteiger partial charge on any atom is 0.0555 e. The zero-order chi connectivity index (χ0) is 12.8. The number of rotatable bonds is 6. The molecule has 0 aliphatic heterocycles. The van der Waals surface area contributed by atoms with Crippen LogP contribution in [0.4, 0.5) is 0 Å². The van der Waals surface area contributed by atoms with Crippen LogP contribution in [0.25, 0.3) is 0 Å². The average molecular weight is 262 g/mol. The van der Waals surface area contributed by atoms with Gasteiger partial charge in [0.25, 0.3) is 0 Å². The number of thiophene rings is 1. The lowest BCUT2D eigenvalue weighted by Gasteiger charge is -2.21. The minimum atomic E-state index is 0.441. The Labute approximate surface area is 114 Å². The van der Waals surface area contributed by atoms with Gasteiger partial charge >= 0.3 is 0 Å². The Hall–Kier alpha value is -0.820. The standard InChI is InChI=1S/C15H22N2S/c1-2-9-17(11-13-5-6-13)12-15-14(4-3-8-16)7-10-18-15/h7,10,13H,2,5-6,8-9,11-12,16H2,1H3. The molecule has 2 N–H and O–H groups in total. The van der Waals surface area contributed by atoms with Gasteiger partial charge in [-0.25, -0.2) is 0 Å². The van der Waals surface area contributed by atoms with E-state index in [0.29, 0.717) is 6.54 Å². The van der Waals surface area contributed by atoms with Gasteiger partial charge in [0.1, 0.15) is 0 Å². The molecule has 0 spiro atoms. The first-order chi connectivity index (χ1) is 8.83. The van der Waals surface area contributed by atoms with E-state index in [1.165, 1.54) is 42.8 Å². The summed E-state index contributed by atoms with van der Waals surface area (Å²) in [6.07, 6.45) is 4.07. The van der Waals surface area contributed by atoms with Gasteiger partial charge in [0.2, 0.25) is 0 Å². The van der Waals surface area contributed by atoms with Gasteiger partial charge < -0.3 is 5.73 Å². The summed E-state index contributed by atoms with van der Waals surface area (Å²) in [6, 6.07) is 2.11. The molecule has 1 fully saturated rings. The third-order valence-electron chi connectivity index (χ3n) is 3.19. The number of hydrogen-bond donors (Lipinski definition) is 1. The summed E-state index contributed by atoms with van der Waals surface area (Å²) < 4.78 is 0. The van der Waals surface area contributed by atoms with Gasteiger partial charge in [-0.15, -0.1) is 11.3 Å². The summed E-state index contributed by atoms with van der Waals surface area (Å²) in [6.45, 7) is 6.20. The molecular formula is C15H22N2S. The average Bonchev–Trinajstić information content (AvgIpc) is 3.06. The summed E-state index contributed by atoms with van der Waals surface area (Å²) in [5, 5.41) is 2.14. The van der Waals surface area contributed by atoms with Gasteiger partial charge in [0, 0.05) is 23.5 Å². The zero-order valence-electron chi connectivity index (χ0n) is 11.1. The Morgan fingerprint density at radius 1 is 1.50 bits per heavy atom. The van der Waals surface area contributed by atoms with E-state index in [-0.39, 0.29) is 0 Å². The molecule has 2 rings (SSSR count). The highest BCUT2D eigenvalue weighted by molar-refractivity contribution is 7.10. The van der Waals surface area contributed by atoms with Crippen LogP contribution in [0.3, 0.4) is 0 Å². The lowest BCUT2D eigenvalue weighted by Crippen LogP contribution is -2.26. The van der Waals surface area contributed by atoms with E-state index in [9.17, 15) is 0 Å². The van der Waals surface area contributed by atoms with Crippen LogP contribution >= 0.6 is 11.3 Å². The lowest BCUT2D eigenvalue weighted by atomic mass is 10.2. The maximum atomic E-state index is 5.44. The lowest BCUT2D eigenvalue weighted by molar-refractivity contribution is 0.257. The topological polar surface area (TPSA) is 29.3 Å². The molecule has 1 aliphatic rings. The normalized spacial score (nSPS) is 14.6. The van der Waals surface area contributed by atoms with Gasteiger partial charge in [0.15, 0.2) is 0 Å². The molecule has 1 aliphatic carbocycles. The van der Waals surface area contributed by atoms with E-state index >= 15 is 0 Å².